The molecule has 5 rings (SSSR count). The molecule has 0 bridgehead atoms. The van der Waals surface area contributed by atoms with Crippen LogP contribution < -0.4 is 19.7 Å². The van der Waals surface area contributed by atoms with Gasteiger partial charge in [0.05, 0.1) is 16.9 Å². The number of hydrogen-bond donors (Lipinski definition) is 1. The number of ether oxygens (including phenoxy) is 4. The van der Waals surface area contributed by atoms with Crippen LogP contribution in [0.25, 0.3) is 10.2 Å². The van der Waals surface area contributed by atoms with E-state index in [0.29, 0.717) is 79.2 Å². The number of nitrogens with zero attached hydrogens (tertiary/aromatic N) is 4. The van der Waals surface area contributed by atoms with Crippen molar-refractivity contribution in [2.45, 2.75) is 32.4 Å². The average Bonchev–Trinajstić information content (AvgIpc) is 3.33. The maximum absolute atomic E-state index is 11.6. The summed E-state index contributed by atoms with van der Waals surface area (Å²) in [4.78, 5) is 34.5. The molecule has 0 atom stereocenters. The van der Waals surface area contributed by atoms with E-state index in [0.717, 1.165) is 16.9 Å². The Bertz CT molecular complexity index is 1280. The zero-order chi connectivity index (χ0) is 25.1. The molecule has 1 fully saturated rings. The summed E-state index contributed by atoms with van der Waals surface area (Å²) in [6, 6.07) is 7.20. The number of hydrogen-bond acceptors (Lipinski definition) is 12. The SMILES string of the molecule is CCOC(=O)OC1CCN(c2nc(NCc3ccc4c(c3)OCCO4)c3cc([N+](=O)[O-])sc3n2)CC1. The molecule has 0 amide bonds. The zero-order valence-electron chi connectivity index (χ0n) is 19.6. The van der Waals surface area contributed by atoms with Crippen LogP contribution in [0.15, 0.2) is 24.3 Å². The van der Waals surface area contributed by atoms with E-state index in [2.05, 4.69) is 10.3 Å². The predicted octanol–water partition coefficient (Wildman–Crippen LogP) is 4.12. The lowest BCUT2D eigenvalue weighted by molar-refractivity contribution is -0.380. The molecule has 1 N–H and O–H groups in total. The number of benzene rings is 1. The van der Waals surface area contributed by atoms with Gasteiger partial charge in [-0.05, 0) is 36.0 Å². The lowest BCUT2D eigenvalue weighted by Crippen LogP contribution is -2.39. The van der Waals surface area contributed by atoms with E-state index in [1.807, 2.05) is 23.1 Å². The Hall–Kier alpha value is -3.87. The van der Waals surface area contributed by atoms with Crippen molar-refractivity contribution < 1.29 is 28.7 Å². The zero-order valence-corrected chi connectivity index (χ0v) is 20.4. The van der Waals surface area contributed by atoms with Crippen LogP contribution in [0, 0.1) is 10.1 Å². The normalized spacial score (nSPS) is 15.5. The van der Waals surface area contributed by atoms with Gasteiger partial charge in [0, 0.05) is 38.5 Å². The number of nitro groups is 1. The smallest absolute Gasteiger partial charge is 0.486 e. The van der Waals surface area contributed by atoms with Gasteiger partial charge in [0.1, 0.15) is 30.0 Å². The van der Waals surface area contributed by atoms with Gasteiger partial charge < -0.3 is 29.2 Å². The molecular weight excluding hydrogens is 490 g/mol. The summed E-state index contributed by atoms with van der Waals surface area (Å²) < 4.78 is 21.4. The van der Waals surface area contributed by atoms with Gasteiger partial charge in [-0.3, -0.25) is 10.1 Å². The molecule has 13 heteroatoms. The van der Waals surface area contributed by atoms with Gasteiger partial charge in [0.25, 0.3) is 0 Å². The molecule has 190 valence electrons. The van der Waals surface area contributed by atoms with Gasteiger partial charge >= 0.3 is 11.2 Å². The minimum atomic E-state index is -0.662. The summed E-state index contributed by atoms with van der Waals surface area (Å²) in [5, 5.41) is 15.3. The lowest BCUT2D eigenvalue weighted by atomic mass is 10.1. The first kappa shape index (κ1) is 23.9. The van der Waals surface area contributed by atoms with Gasteiger partial charge in [-0.15, -0.1) is 0 Å². The number of carbonyl (C=O) groups excluding carboxylic acids is 1. The fraction of sp³-hybridized carbons (Fsp3) is 0.435. The quantitative estimate of drug-likeness (QED) is 0.276. The molecule has 3 aromatic rings. The van der Waals surface area contributed by atoms with Crippen molar-refractivity contribution in [3.63, 3.8) is 0 Å². The molecule has 36 heavy (non-hydrogen) atoms. The second kappa shape index (κ2) is 10.4. The molecule has 2 aromatic heterocycles. The average molecular weight is 516 g/mol. The molecular formula is C23H25N5O7S. The van der Waals surface area contributed by atoms with Gasteiger partial charge in [0.2, 0.25) is 5.95 Å². The highest BCUT2D eigenvalue weighted by molar-refractivity contribution is 7.21. The van der Waals surface area contributed by atoms with E-state index in [-0.39, 0.29) is 17.7 Å². The van der Waals surface area contributed by atoms with Crippen LogP contribution in [0.1, 0.15) is 25.3 Å². The Morgan fingerprint density at radius 1 is 1.22 bits per heavy atom. The van der Waals surface area contributed by atoms with Gasteiger partial charge in [-0.2, -0.15) is 4.98 Å². The first-order chi connectivity index (χ1) is 17.5. The third kappa shape index (κ3) is 5.20. The molecule has 0 aliphatic carbocycles. The third-order valence-electron chi connectivity index (χ3n) is 5.86. The van der Waals surface area contributed by atoms with Crippen LogP contribution in [-0.4, -0.2) is 60.1 Å². The fourth-order valence-corrected chi connectivity index (χ4v) is 4.95. The minimum Gasteiger partial charge on any atom is -0.486 e. The Labute approximate surface area is 210 Å². The summed E-state index contributed by atoms with van der Waals surface area (Å²) in [6.45, 7) is 4.60. The molecule has 1 saturated heterocycles. The Morgan fingerprint density at radius 2 is 2.00 bits per heavy atom. The highest BCUT2D eigenvalue weighted by atomic mass is 32.1. The third-order valence-corrected chi connectivity index (χ3v) is 6.84. The highest BCUT2D eigenvalue weighted by Crippen LogP contribution is 2.36. The van der Waals surface area contributed by atoms with Crippen LogP contribution in [0.4, 0.5) is 21.6 Å². The van der Waals surface area contributed by atoms with E-state index in [1.165, 1.54) is 6.07 Å². The van der Waals surface area contributed by atoms with Crippen molar-refractivity contribution in [1.29, 1.82) is 0 Å². The van der Waals surface area contributed by atoms with Crippen LogP contribution >= 0.6 is 11.3 Å². The van der Waals surface area contributed by atoms with Crippen LogP contribution in [0.2, 0.25) is 0 Å². The largest absolute Gasteiger partial charge is 0.508 e. The second-order valence-electron chi connectivity index (χ2n) is 8.25. The molecule has 1 aromatic carbocycles. The maximum Gasteiger partial charge on any atom is 0.508 e. The standard InChI is InChI=1S/C23H25N5O7S/c1-2-32-23(29)35-15-5-7-27(8-6-15)22-25-20(16-12-19(28(30)31)36-21(16)26-22)24-13-14-3-4-17-18(11-14)34-10-9-33-17/h3-4,11-12,15H,2,5-10,13H2,1H3,(H,24,25,26). The van der Waals surface area contributed by atoms with E-state index >= 15 is 0 Å². The Morgan fingerprint density at radius 3 is 2.75 bits per heavy atom. The molecule has 0 unspecified atom stereocenters. The monoisotopic (exact) mass is 515 g/mol. The first-order valence-corrected chi connectivity index (χ1v) is 12.5. The summed E-state index contributed by atoms with van der Waals surface area (Å²) >= 11 is 1.01. The number of carbonyl (C=O) groups is 1. The lowest BCUT2D eigenvalue weighted by Gasteiger charge is -2.31. The molecule has 0 saturated carbocycles. The summed E-state index contributed by atoms with van der Waals surface area (Å²) in [7, 11) is 0. The minimum absolute atomic E-state index is 0.000347. The van der Waals surface area contributed by atoms with Crippen molar-refractivity contribution in [3.05, 3.63) is 39.9 Å². The van der Waals surface area contributed by atoms with Gasteiger partial charge in [-0.25, -0.2) is 9.78 Å². The second-order valence-corrected chi connectivity index (χ2v) is 9.26. The van der Waals surface area contributed by atoms with E-state index in [9.17, 15) is 14.9 Å². The summed E-state index contributed by atoms with van der Waals surface area (Å²) in [5.74, 6) is 2.38. The predicted molar refractivity (Wildman–Crippen MR) is 132 cm³/mol. The van der Waals surface area contributed by atoms with Gasteiger partial charge in [0.15, 0.2) is 11.5 Å². The van der Waals surface area contributed by atoms with Crippen molar-refractivity contribution in [1.82, 2.24) is 9.97 Å². The Kier molecular flexibility index (Phi) is 6.89. The number of rotatable bonds is 7. The molecule has 0 spiro atoms. The van der Waals surface area contributed by atoms with Crippen molar-refractivity contribution in [3.8, 4) is 11.5 Å². The van der Waals surface area contributed by atoms with Crippen LogP contribution in [-0.2, 0) is 16.0 Å². The van der Waals surface area contributed by atoms with Crippen molar-refractivity contribution in [2.24, 2.45) is 0 Å². The number of fused-ring (bicyclic) bond motifs is 2. The molecule has 4 heterocycles. The molecule has 0 radical (unpaired) electrons. The first-order valence-electron chi connectivity index (χ1n) is 11.7. The van der Waals surface area contributed by atoms with Crippen molar-refractivity contribution >= 4 is 44.5 Å². The van der Waals surface area contributed by atoms with Gasteiger partial charge in [-0.1, -0.05) is 6.07 Å². The molecule has 2 aliphatic rings. The number of aromatic nitrogens is 2. The van der Waals surface area contributed by atoms with E-state index in [1.54, 1.807) is 6.92 Å². The topological polar surface area (TPSA) is 138 Å². The number of piperidine rings is 1. The van der Waals surface area contributed by atoms with Crippen LogP contribution in [0.3, 0.4) is 0 Å². The molecule has 2 aliphatic heterocycles. The highest BCUT2D eigenvalue weighted by Gasteiger charge is 2.26. The number of thiophene rings is 1. The Balaban J connectivity index is 1.35. The van der Waals surface area contributed by atoms with E-state index in [4.69, 9.17) is 23.9 Å². The summed E-state index contributed by atoms with van der Waals surface area (Å²) in [6.07, 6.45) is 0.306. The summed E-state index contributed by atoms with van der Waals surface area (Å²) in [5.41, 5.74) is 0.953. The number of nitrogens with one attached hydrogen (secondary N) is 1. The molecule has 12 nitrogen and oxygen atoms in total. The van der Waals surface area contributed by atoms with Crippen molar-refractivity contribution in [2.75, 3.05) is 43.1 Å². The number of anilines is 2. The fourth-order valence-electron chi connectivity index (χ4n) is 4.11. The maximum atomic E-state index is 11.6. The van der Waals surface area contributed by atoms with Crippen LogP contribution in [0.5, 0.6) is 11.5 Å². The van der Waals surface area contributed by atoms with E-state index < -0.39 is 11.1 Å².